The molecule has 0 aliphatic heterocycles. The van der Waals surface area contributed by atoms with Gasteiger partial charge < -0.3 is 25.7 Å². The van der Waals surface area contributed by atoms with Crippen LogP contribution in [-0.2, 0) is 4.74 Å². The minimum Gasteiger partial charge on any atom is -0.479 e. The number of nitrogens with zero attached hydrogens (tertiary/aromatic N) is 2. The molecule has 1 heterocycles. The highest BCUT2D eigenvalue weighted by Crippen LogP contribution is 2.28. The fourth-order valence-electron chi connectivity index (χ4n) is 1.05. The van der Waals surface area contributed by atoms with E-state index in [2.05, 4.69) is 9.97 Å². The van der Waals surface area contributed by atoms with E-state index in [0.29, 0.717) is 19.8 Å². The quantitative estimate of drug-likeness (QED) is 0.663. The van der Waals surface area contributed by atoms with Gasteiger partial charge in [-0.1, -0.05) is 0 Å². The fourth-order valence-corrected chi connectivity index (χ4v) is 1.05. The molecule has 0 amide bonds. The molecule has 0 atom stereocenters. The molecule has 7 nitrogen and oxygen atoms in total. The highest BCUT2D eigenvalue weighted by molar-refractivity contribution is 5.58. The summed E-state index contributed by atoms with van der Waals surface area (Å²) in [6, 6.07) is 0. The Bertz CT molecular complexity index is 346. The van der Waals surface area contributed by atoms with Gasteiger partial charge in [0.15, 0.2) is 5.69 Å². The molecule has 0 saturated carbocycles. The SMILES string of the molecule is CCOCCOc1nc(N)nc(OC)c1N. The van der Waals surface area contributed by atoms with Gasteiger partial charge in [-0.05, 0) is 6.92 Å². The number of nitrogens with two attached hydrogens (primary N) is 2. The lowest BCUT2D eigenvalue weighted by atomic mass is 10.5. The van der Waals surface area contributed by atoms with Gasteiger partial charge >= 0.3 is 0 Å². The van der Waals surface area contributed by atoms with E-state index in [9.17, 15) is 0 Å². The molecule has 0 aromatic carbocycles. The van der Waals surface area contributed by atoms with E-state index in [0.717, 1.165) is 0 Å². The highest BCUT2D eigenvalue weighted by atomic mass is 16.5. The van der Waals surface area contributed by atoms with Crippen molar-refractivity contribution in [1.82, 2.24) is 9.97 Å². The second-order valence-electron chi connectivity index (χ2n) is 2.86. The van der Waals surface area contributed by atoms with Gasteiger partial charge in [0.25, 0.3) is 0 Å². The average molecular weight is 228 g/mol. The summed E-state index contributed by atoms with van der Waals surface area (Å²) in [6.07, 6.45) is 0. The lowest BCUT2D eigenvalue weighted by Gasteiger charge is -2.10. The summed E-state index contributed by atoms with van der Waals surface area (Å²) >= 11 is 0. The number of hydrogen-bond acceptors (Lipinski definition) is 7. The predicted molar refractivity (Wildman–Crippen MR) is 59.4 cm³/mol. The first-order valence-corrected chi connectivity index (χ1v) is 4.86. The first-order chi connectivity index (χ1) is 7.69. The van der Waals surface area contributed by atoms with Crippen LogP contribution >= 0.6 is 0 Å². The van der Waals surface area contributed by atoms with Crippen molar-refractivity contribution in [3.05, 3.63) is 0 Å². The molecule has 90 valence electrons. The summed E-state index contributed by atoms with van der Waals surface area (Å²) < 4.78 is 15.3. The van der Waals surface area contributed by atoms with Crippen LogP contribution in [0, 0.1) is 0 Å². The third-order valence-electron chi connectivity index (χ3n) is 1.76. The first kappa shape index (κ1) is 12.3. The molecule has 7 heteroatoms. The first-order valence-electron chi connectivity index (χ1n) is 4.86. The summed E-state index contributed by atoms with van der Waals surface area (Å²) in [5.41, 5.74) is 11.4. The molecular weight excluding hydrogens is 212 g/mol. The number of nitrogen functional groups attached to an aromatic ring is 2. The molecule has 0 unspecified atom stereocenters. The van der Waals surface area contributed by atoms with Crippen molar-refractivity contribution in [2.24, 2.45) is 0 Å². The van der Waals surface area contributed by atoms with Gasteiger partial charge in [0, 0.05) is 6.61 Å². The number of ether oxygens (including phenoxy) is 3. The van der Waals surface area contributed by atoms with Gasteiger partial charge in [-0.25, -0.2) is 0 Å². The minimum absolute atomic E-state index is 0.0532. The summed E-state index contributed by atoms with van der Waals surface area (Å²) in [4.78, 5) is 7.67. The van der Waals surface area contributed by atoms with Gasteiger partial charge in [-0.15, -0.1) is 0 Å². The largest absolute Gasteiger partial charge is 0.479 e. The Morgan fingerprint density at radius 2 is 1.81 bits per heavy atom. The van der Waals surface area contributed by atoms with E-state index in [-0.39, 0.29) is 23.4 Å². The zero-order chi connectivity index (χ0) is 12.0. The van der Waals surface area contributed by atoms with Crippen molar-refractivity contribution in [3.63, 3.8) is 0 Å². The Morgan fingerprint density at radius 1 is 1.12 bits per heavy atom. The van der Waals surface area contributed by atoms with E-state index in [1.807, 2.05) is 6.92 Å². The minimum atomic E-state index is 0.0532. The van der Waals surface area contributed by atoms with E-state index in [1.165, 1.54) is 7.11 Å². The van der Waals surface area contributed by atoms with Crippen LogP contribution in [0.4, 0.5) is 11.6 Å². The van der Waals surface area contributed by atoms with Gasteiger partial charge in [0.2, 0.25) is 17.7 Å². The topological polar surface area (TPSA) is 106 Å². The van der Waals surface area contributed by atoms with Crippen LogP contribution in [0.2, 0.25) is 0 Å². The lowest BCUT2D eigenvalue weighted by Crippen LogP contribution is -2.11. The molecule has 0 aliphatic carbocycles. The molecule has 1 aromatic rings. The molecule has 0 fully saturated rings. The van der Waals surface area contributed by atoms with Crippen molar-refractivity contribution in [1.29, 1.82) is 0 Å². The highest BCUT2D eigenvalue weighted by Gasteiger charge is 2.11. The van der Waals surface area contributed by atoms with E-state index in [4.69, 9.17) is 25.7 Å². The van der Waals surface area contributed by atoms with Crippen LogP contribution in [0.15, 0.2) is 0 Å². The van der Waals surface area contributed by atoms with Crippen molar-refractivity contribution in [2.75, 3.05) is 38.4 Å². The smallest absolute Gasteiger partial charge is 0.246 e. The normalized spacial score (nSPS) is 10.1. The molecule has 0 aliphatic rings. The monoisotopic (exact) mass is 228 g/mol. The molecule has 4 N–H and O–H groups in total. The van der Waals surface area contributed by atoms with E-state index < -0.39 is 0 Å². The third-order valence-corrected chi connectivity index (χ3v) is 1.76. The predicted octanol–water partition coefficient (Wildman–Crippen LogP) is 0.0649. The van der Waals surface area contributed by atoms with Crippen LogP contribution in [0.25, 0.3) is 0 Å². The van der Waals surface area contributed by atoms with Crippen LogP contribution in [0.3, 0.4) is 0 Å². The lowest BCUT2D eigenvalue weighted by molar-refractivity contribution is 0.108. The van der Waals surface area contributed by atoms with Gasteiger partial charge in [-0.2, -0.15) is 9.97 Å². The maximum Gasteiger partial charge on any atom is 0.246 e. The Labute approximate surface area is 93.7 Å². The average Bonchev–Trinajstić information content (AvgIpc) is 2.28. The van der Waals surface area contributed by atoms with Crippen LogP contribution in [0.5, 0.6) is 11.8 Å². The number of hydrogen-bond donors (Lipinski definition) is 2. The Hall–Kier alpha value is -1.76. The van der Waals surface area contributed by atoms with Crippen LogP contribution in [0.1, 0.15) is 6.92 Å². The summed E-state index contributed by atoms with van der Waals surface area (Å²) in [7, 11) is 1.45. The summed E-state index contributed by atoms with van der Waals surface area (Å²) in [5.74, 6) is 0.473. The van der Waals surface area contributed by atoms with Gasteiger partial charge in [0.1, 0.15) is 6.61 Å². The summed E-state index contributed by atoms with van der Waals surface area (Å²) in [5, 5.41) is 0. The fraction of sp³-hybridized carbons (Fsp3) is 0.556. The number of methoxy groups -OCH3 is 1. The molecule has 16 heavy (non-hydrogen) atoms. The van der Waals surface area contributed by atoms with Crippen molar-refractivity contribution in [2.45, 2.75) is 6.92 Å². The molecule has 0 radical (unpaired) electrons. The van der Waals surface area contributed by atoms with E-state index in [1.54, 1.807) is 0 Å². The molecule has 1 rings (SSSR count). The number of rotatable bonds is 6. The molecule has 0 spiro atoms. The van der Waals surface area contributed by atoms with Crippen LogP contribution < -0.4 is 20.9 Å². The second kappa shape index (κ2) is 5.96. The molecular formula is C9H16N4O3. The zero-order valence-corrected chi connectivity index (χ0v) is 9.40. The molecule has 1 aromatic heterocycles. The Balaban J connectivity index is 2.67. The second-order valence-corrected chi connectivity index (χ2v) is 2.86. The van der Waals surface area contributed by atoms with E-state index >= 15 is 0 Å². The van der Waals surface area contributed by atoms with Crippen molar-refractivity contribution in [3.8, 4) is 11.8 Å². The maximum absolute atomic E-state index is 5.71. The standard InChI is InChI=1S/C9H16N4O3/c1-3-15-4-5-16-8-6(10)7(14-2)12-9(11)13-8/h3-5,10H2,1-2H3,(H2,11,12,13). The Morgan fingerprint density at radius 3 is 2.44 bits per heavy atom. The van der Waals surface area contributed by atoms with Gasteiger partial charge in [-0.3, -0.25) is 0 Å². The van der Waals surface area contributed by atoms with Crippen molar-refractivity contribution < 1.29 is 14.2 Å². The number of anilines is 2. The van der Waals surface area contributed by atoms with Gasteiger partial charge in [0.05, 0.1) is 13.7 Å². The van der Waals surface area contributed by atoms with Crippen molar-refractivity contribution >= 4 is 11.6 Å². The Kier molecular flexibility index (Phi) is 4.59. The third kappa shape index (κ3) is 3.13. The number of aromatic nitrogens is 2. The molecule has 0 saturated heterocycles. The molecule has 0 bridgehead atoms. The maximum atomic E-state index is 5.71. The summed E-state index contributed by atoms with van der Waals surface area (Å²) in [6.45, 7) is 3.34. The zero-order valence-electron chi connectivity index (χ0n) is 9.40. The van der Waals surface area contributed by atoms with Crippen LogP contribution in [-0.4, -0.2) is 36.9 Å².